The number of piperidine rings is 1. The van der Waals surface area contributed by atoms with Crippen LogP contribution in [-0.4, -0.2) is 19.0 Å². The Balaban J connectivity index is 1.88. The van der Waals surface area contributed by atoms with Crippen molar-refractivity contribution in [3.63, 3.8) is 0 Å². The Labute approximate surface area is 107 Å². The predicted octanol–water partition coefficient (Wildman–Crippen LogP) is 2.46. The average molecular weight is 250 g/mol. The Morgan fingerprint density at radius 3 is 3.06 bits per heavy atom. The van der Waals surface area contributed by atoms with Gasteiger partial charge in [0.25, 0.3) is 0 Å². The van der Waals surface area contributed by atoms with Gasteiger partial charge < -0.3 is 10.6 Å². The molecule has 1 heterocycles. The molecule has 1 saturated heterocycles. The second kappa shape index (κ2) is 5.96. The van der Waals surface area contributed by atoms with Crippen LogP contribution in [0.3, 0.4) is 0 Å². The number of aryl methyl sites for hydroxylation is 1. The van der Waals surface area contributed by atoms with Crippen molar-refractivity contribution in [2.24, 2.45) is 5.92 Å². The summed E-state index contributed by atoms with van der Waals surface area (Å²) in [7, 11) is 0. The van der Waals surface area contributed by atoms with Crippen LogP contribution in [0.25, 0.3) is 0 Å². The molecule has 0 radical (unpaired) electrons. The summed E-state index contributed by atoms with van der Waals surface area (Å²) in [6.45, 7) is 3.64. The second-order valence-corrected chi connectivity index (χ2v) is 4.93. The van der Waals surface area contributed by atoms with Crippen molar-refractivity contribution in [1.82, 2.24) is 5.32 Å². The molecule has 1 aromatic carbocycles. The SMILES string of the molecule is Cc1ccc(NC(=O)CC2CCCNC2)cc1F. The van der Waals surface area contributed by atoms with Crippen LogP contribution in [0, 0.1) is 18.7 Å². The number of rotatable bonds is 3. The first-order valence-electron chi connectivity index (χ1n) is 6.42. The Hall–Kier alpha value is -1.42. The summed E-state index contributed by atoms with van der Waals surface area (Å²) in [5.41, 5.74) is 1.12. The van der Waals surface area contributed by atoms with E-state index in [0.29, 0.717) is 23.6 Å². The van der Waals surface area contributed by atoms with E-state index in [9.17, 15) is 9.18 Å². The van der Waals surface area contributed by atoms with Gasteiger partial charge in [0.1, 0.15) is 5.82 Å². The van der Waals surface area contributed by atoms with Crippen molar-refractivity contribution in [3.05, 3.63) is 29.6 Å². The lowest BCUT2D eigenvalue weighted by molar-refractivity contribution is -0.117. The van der Waals surface area contributed by atoms with E-state index in [2.05, 4.69) is 10.6 Å². The second-order valence-electron chi connectivity index (χ2n) is 4.93. The maximum Gasteiger partial charge on any atom is 0.224 e. The van der Waals surface area contributed by atoms with Gasteiger partial charge >= 0.3 is 0 Å². The zero-order valence-corrected chi connectivity index (χ0v) is 10.6. The topological polar surface area (TPSA) is 41.1 Å². The standard InChI is InChI=1S/C14H19FN2O/c1-10-4-5-12(8-13(10)15)17-14(18)7-11-3-2-6-16-9-11/h4-5,8,11,16H,2-3,6-7,9H2,1H3,(H,17,18). The number of halogens is 1. The van der Waals surface area contributed by atoms with Crippen molar-refractivity contribution in [2.45, 2.75) is 26.2 Å². The Bertz CT molecular complexity index is 428. The largest absolute Gasteiger partial charge is 0.326 e. The summed E-state index contributed by atoms with van der Waals surface area (Å²) >= 11 is 0. The molecule has 4 heteroatoms. The normalized spacial score (nSPS) is 19.6. The zero-order chi connectivity index (χ0) is 13.0. The highest BCUT2D eigenvalue weighted by atomic mass is 19.1. The molecule has 1 aromatic rings. The molecule has 1 aliphatic heterocycles. The molecule has 0 aromatic heterocycles. The molecule has 1 aliphatic rings. The van der Waals surface area contributed by atoms with Gasteiger partial charge in [0.2, 0.25) is 5.91 Å². The van der Waals surface area contributed by atoms with Gasteiger partial charge in [-0.1, -0.05) is 6.07 Å². The van der Waals surface area contributed by atoms with E-state index in [1.807, 2.05) is 0 Å². The Morgan fingerprint density at radius 2 is 2.39 bits per heavy atom. The number of carbonyl (C=O) groups excluding carboxylic acids is 1. The number of hydrogen-bond acceptors (Lipinski definition) is 2. The minimum atomic E-state index is -0.285. The highest BCUT2D eigenvalue weighted by molar-refractivity contribution is 5.90. The molecule has 18 heavy (non-hydrogen) atoms. The van der Waals surface area contributed by atoms with Crippen LogP contribution in [-0.2, 0) is 4.79 Å². The minimum Gasteiger partial charge on any atom is -0.326 e. The molecule has 0 aliphatic carbocycles. The number of nitrogens with one attached hydrogen (secondary N) is 2. The third kappa shape index (κ3) is 3.53. The van der Waals surface area contributed by atoms with Gasteiger partial charge in [-0.3, -0.25) is 4.79 Å². The monoisotopic (exact) mass is 250 g/mol. The first kappa shape index (κ1) is 13.0. The maximum atomic E-state index is 13.3. The summed E-state index contributed by atoms with van der Waals surface area (Å²) in [5.74, 6) is 0.0770. The highest BCUT2D eigenvalue weighted by Crippen LogP contribution is 2.17. The van der Waals surface area contributed by atoms with Crippen LogP contribution in [0.1, 0.15) is 24.8 Å². The third-order valence-corrected chi connectivity index (χ3v) is 3.33. The summed E-state index contributed by atoms with van der Waals surface area (Å²) in [6.07, 6.45) is 2.71. The van der Waals surface area contributed by atoms with Gasteiger partial charge in [0, 0.05) is 12.1 Å². The van der Waals surface area contributed by atoms with E-state index < -0.39 is 0 Å². The van der Waals surface area contributed by atoms with E-state index in [-0.39, 0.29) is 11.7 Å². The molecule has 1 unspecified atom stereocenters. The third-order valence-electron chi connectivity index (χ3n) is 3.33. The number of anilines is 1. The molecule has 0 bridgehead atoms. The number of amides is 1. The lowest BCUT2D eigenvalue weighted by Crippen LogP contribution is -2.32. The zero-order valence-electron chi connectivity index (χ0n) is 10.6. The quantitative estimate of drug-likeness (QED) is 0.865. The molecule has 1 fully saturated rings. The Kier molecular flexibility index (Phi) is 4.31. The molecular weight excluding hydrogens is 231 g/mol. The first-order valence-corrected chi connectivity index (χ1v) is 6.42. The lowest BCUT2D eigenvalue weighted by atomic mass is 9.96. The summed E-state index contributed by atoms with van der Waals surface area (Å²) in [5, 5.41) is 6.03. The van der Waals surface area contributed by atoms with Gasteiger partial charge in [-0.2, -0.15) is 0 Å². The van der Waals surface area contributed by atoms with Crippen LogP contribution >= 0.6 is 0 Å². The fraction of sp³-hybridized carbons (Fsp3) is 0.500. The van der Waals surface area contributed by atoms with Crippen molar-refractivity contribution in [3.8, 4) is 0 Å². The van der Waals surface area contributed by atoms with E-state index in [4.69, 9.17) is 0 Å². The van der Waals surface area contributed by atoms with E-state index >= 15 is 0 Å². The summed E-state index contributed by atoms with van der Waals surface area (Å²) in [6, 6.07) is 4.77. The van der Waals surface area contributed by atoms with E-state index in [0.717, 1.165) is 25.9 Å². The molecule has 0 spiro atoms. The molecular formula is C14H19FN2O. The fourth-order valence-corrected chi connectivity index (χ4v) is 2.24. The van der Waals surface area contributed by atoms with Crippen molar-refractivity contribution in [1.29, 1.82) is 0 Å². The fourth-order valence-electron chi connectivity index (χ4n) is 2.24. The van der Waals surface area contributed by atoms with Gasteiger partial charge in [0.05, 0.1) is 0 Å². The van der Waals surface area contributed by atoms with Gasteiger partial charge in [0.15, 0.2) is 0 Å². The molecule has 2 rings (SSSR count). The van der Waals surface area contributed by atoms with Crippen molar-refractivity contribution in [2.75, 3.05) is 18.4 Å². The van der Waals surface area contributed by atoms with Gasteiger partial charge in [-0.05, 0) is 56.5 Å². The van der Waals surface area contributed by atoms with Crippen LogP contribution in [0.5, 0.6) is 0 Å². The first-order chi connectivity index (χ1) is 8.65. The van der Waals surface area contributed by atoms with Crippen molar-refractivity contribution < 1.29 is 9.18 Å². The minimum absolute atomic E-state index is 0.0352. The molecule has 2 N–H and O–H groups in total. The van der Waals surface area contributed by atoms with E-state index in [1.54, 1.807) is 19.1 Å². The van der Waals surface area contributed by atoms with Crippen LogP contribution < -0.4 is 10.6 Å². The number of hydrogen-bond donors (Lipinski definition) is 2. The highest BCUT2D eigenvalue weighted by Gasteiger charge is 2.16. The molecule has 98 valence electrons. The van der Waals surface area contributed by atoms with Crippen LogP contribution in [0.4, 0.5) is 10.1 Å². The smallest absolute Gasteiger partial charge is 0.224 e. The van der Waals surface area contributed by atoms with Crippen LogP contribution in [0.15, 0.2) is 18.2 Å². The Morgan fingerprint density at radius 1 is 1.56 bits per heavy atom. The van der Waals surface area contributed by atoms with Gasteiger partial charge in [-0.25, -0.2) is 4.39 Å². The van der Waals surface area contributed by atoms with Crippen molar-refractivity contribution >= 4 is 11.6 Å². The lowest BCUT2D eigenvalue weighted by Gasteiger charge is -2.22. The maximum absolute atomic E-state index is 13.3. The van der Waals surface area contributed by atoms with Gasteiger partial charge in [-0.15, -0.1) is 0 Å². The summed E-state index contributed by atoms with van der Waals surface area (Å²) in [4.78, 5) is 11.8. The molecule has 3 nitrogen and oxygen atoms in total. The van der Waals surface area contributed by atoms with E-state index in [1.165, 1.54) is 6.07 Å². The molecule has 1 amide bonds. The van der Waals surface area contributed by atoms with Crippen LogP contribution in [0.2, 0.25) is 0 Å². The number of benzene rings is 1. The molecule has 1 atom stereocenters. The predicted molar refractivity (Wildman–Crippen MR) is 70.0 cm³/mol. The summed E-state index contributed by atoms with van der Waals surface area (Å²) < 4.78 is 13.3. The number of carbonyl (C=O) groups is 1. The molecule has 0 saturated carbocycles. The average Bonchev–Trinajstić information content (AvgIpc) is 2.35.